The molecule has 1 fully saturated rings. The standard InChI is InChI=1S/C16H15NO2/c1-12-7-9-14(10-8-12)17-11-15(19-16(17)18)13-5-3-2-4-6-13/h2-10,15H,11H2,1H3. The molecule has 0 aliphatic carbocycles. The van der Waals surface area contributed by atoms with Gasteiger partial charge in [0, 0.05) is 5.69 Å². The monoisotopic (exact) mass is 253 g/mol. The van der Waals surface area contributed by atoms with Gasteiger partial charge in [-0.2, -0.15) is 0 Å². The van der Waals surface area contributed by atoms with E-state index in [1.54, 1.807) is 4.90 Å². The lowest BCUT2D eigenvalue weighted by molar-refractivity contribution is 0.142. The minimum atomic E-state index is -0.280. The van der Waals surface area contributed by atoms with E-state index in [1.807, 2.05) is 61.5 Å². The number of ether oxygens (including phenoxy) is 1. The first-order valence-corrected chi connectivity index (χ1v) is 6.34. The Balaban J connectivity index is 1.82. The summed E-state index contributed by atoms with van der Waals surface area (Å²) in [4.78, 5) is 13.6. The van der Waals surface area contributed by atoms with Crippen LogP contribution in [-0.2, 0) is 4.74 Å². The SMILES string of the molecule is Cc1ccc(N2CC(c3ccccc3)OC2=O)cc1. The molecule has 1 aliphatic rings. The van der Waals surface area contributed by atoms with Crippen LogP contribution < -0.4 is 4.90 Å². The second kappa shape index (κ2) is 4.76. The Morgan fingerprint density at radius 2 is 1.74 bits per heavy atom. The van der Waals surface area contributed by atoms with E-state index in [9.17, 15) is 4.79 Å². The molecule has 0 N–H and O–H groups in total. The van der Waals surface area contributed by atoms with Crippen molar-refractivity contribution in [2.45, 2.75) is 13.0 Å². The number of aryl methyl sites for hydroxylation is 1. The molecule has 1 atom stereocenters. The first kappa shape index (κ1) is 11.8. The number of rotatable bonds is 2. The lowest BCUT2D eigenvalue weighted by Gasteiger charge is -2.13. The van der Waals surface area contributed by atoms with Crippen LogP contribution in [0.3, 0.4) is 0 Å². The maximum Gasteiger partial charge on any atom is 0.415 e. The van der Waals surface area contributed by atoms with Gasteiger partial charge in [0.15, 0.2) is 0 Å². The number of amides is 1. The van der Waals surface area contributed by atoms with Gasteiger partial charge in [-0.25, -0.2) is 4.79 Å². The van der Waals surface area contributed by atoms with Gasteiger partial charge in [-0.15, -0.1) is 0 Å². The average Bonchev–Trinajstić information content (AvgIpc) is 2.83. The maximum absolute atomic E-state index is 11.9. The van der Waals surface area contributed by atoms with E-state index >= 15 is 0 Å². The molecule has 0 radical (unpaired) electrons. The fourth-order valence-electron chi connectivity index (χ4n) is 2.24. The second-order valence-corrected chi connectivity index (χ2v) is 4.73. The van der Waals surface area contributed by atoms with Crippen LogP contribution in [0.4, 0.5) is 10.5 Å². The molecule has 0 spiro atoms. The Morgan fingerprint density at radius 1 is 1.05 bits per heavy atom. The molecule has 1 unspecified atom stereocenters. The summed E-state index contributed by atoms with van der Waals surface area (Å²) in [6.45, 7) is 2.59. The fourth-order valence-corrected chi connectivity index (χ4v) is 2.24. The van der Waals surface area contributed by atoms with Crippen molar-refractivity contribution >= 4 is 11.8 Å². The van der Waals surface area contributed by atoms with E-state index in [-0.39, 0.29) is 12.2 Å². The van der Waals surface area contributed by atoms with E-state index in [0.717, 1.165) is 11.3 Å². The molecule has 2 aromatic carbocycles. The number of carbonyl (C=O) groups is 1. The minimum absolute atomic E-state index is 0.185. The van der Waals surface area contributed by atoms with Gasteiger partial charge in [0.25, 0.3) is 0 Å². The van der Waals surface area contributed by atoms with Crippen LogP contribution in [0.5, 0.6) is 0 Å². The topological polar surface area (TPSA) is 29.5 Å². The van der Waals surface area contributed by atoms with Crippen LogP contribution >= 0.6 is 0 Å². The normalized spacial score (nSPS) is 18.5. The summed E-state index contributed by atoms with van der Waals surface area (Å²) >= 11 is 0. The molecule has 0 bridgehead atoms. The quantitative estimate of drug-likeness (QED) is 0.816. The lowest BCUT2D eigenvalue weighted by atomic mass is 10.1. The van der Waals surface area contributed by atoms with Crippen molar-refractivity contribution in [2.75, 3.05) is 11.4 Å². The number of nitrogens with zero attached hydrogens (tertiary/aromatic N) is 1. The number of hydrogen-bond acceptors (Lipinski definition) is 2. The summed E-state index contributed by atoms with van der Waals surface area (Å²) < 4.78 is 5.43. The van der Waals surface area contributed by atoms with Gasteiger partial charge in [0.2, 0.25) is 0 Å². The van der Waals surface area contributed by atoms with Crippen LogP contribution in [-0.4, -0.2) is 12.6 Å². The van der Waals surface area contributed by atoms with Gasteiger partial charge in [-0.1, -0.05) is 48.0 Å². The number of hydrogen-bond donors (Lipinski definition) is 0. The molecule has 96 valence electrons. The molecule has 19 heavy (non-hydrogen) atoms. The highest BCUT2D eigenvalue weighted by atomic mass is 16.6. The summed E-state index contributed by atoms with van der Waals surface area (Å²) in [5.74, 6) is 0. The van der Waals surface area contributed by atoms with Gasteiger partial charge in [0.1, 0.15) is 6.10 Å². The van der Waals surface area contributed by atoms with Crippen LogP contribution in [0.25, 0.3) is 0 Å². The molecule has 0 saturated carbocycles. The van der Waals surface area contributed by atoms with Crippen molar-refractivity contribution in [2.24, 2.45) is 0 Å². The average molecular weight is 253 g/mol. The van der Waals surface area contributed by atoms with Gasteiger partial charge in [-0.05, 0) is 24.6 Å². The second-order valence-electron chi connectivity index (χ2n) is 4.73. The number of benzene rings is 2. The molecule has 1 saturated heterocycles. The first-order chi connectivity index (χ1) is 9.24. The summed E-state index contributed by atoms with van der Waals surface area (Å²) in [6, 6.07) is 17.7. The number of carbonyl (C=O) groups excluding carboxylic acids is 1. The lowest BCUT2D eigenvalue weighted by Crippen LogP contribution is -2.23. The molecule has 3 nitrogen and oxygen atoms in total. The van der Waals surface area contributed by atoms with E-state index in [1.165, 1.54) is 5.56 Å². The molecule has 2 aromatic rings. The molecule has 1 aliphatic heterocycles. The Morgan fingerprint density at radius 3 is 2.42 bits per heavy atom. The molecule has 0 aromatic heterocycles. The zero-order chi connectivity index (χ0) is 13.2. The highest BCUT2D eigenvalue weighted by Gasteiger charge is 2.33. The summed E-state index contributed by atoms with van der Waals surface area (Å²) in [7, 11) is 0. The predicted molar refractivity (Wildman–Crippen MR) is 74.2 cm³/mol. The number of cyclic esters (lactones) is 1. The predicted octanol–water partition coefficient (Wildman–Crippen LogP) is 3.69. The highest BCUT2D eigenvalue weighted by Crippen LogP contribution is 2.29. The van der Waals surface area contributed by atoms with Crippen LogP contribution in [0.2, 0.25) is 0 Å². The zero-order valence-corrected chi connectivity index (χ0v) is 10.7. The maximum atomic E-state index is 11.9. The Bertz CT molecular complexity index is 577. The van der Waals surface area contributed by atoms with E-state index in [0.29, 0.717) is 6.54 Å². The third kappa shape index (κ3) is 2.32. The molecule has 1 amide bonds. The minimum Gasteiger partial charge on any atom is -0.439 e. The zero-order valence-electron chi connectivity index (χ0n) is 10.7. The van der Waals surface area contributed by atoms with E-state index in [2.05, 4.69) is 0 Å². The molecule has 3 heteroatoms. The number of anilines is 1. The van der Waals surface area contributed by atoms with E-state index < -0.39 is 0 Å². The van der Waals surface area contributed by atoms with Gasteiger partial charge in [0.05, 0.1) is 6.54 Å². The molecule has 3 rings (SSSR count). The third-order valence-corrected chi connectivity index (χ3v) is 3.33. The summed E-state index contributed by atoms with van der Waals surface area (Å²) in [6.07, 6.45) is -0.465. The highest BCUT2D eigenvalue weighted by molar-refractivity contribution is 5.89. The molecular weight excluding hydrogens is 238 g/mol. The summed E-state index contributed by atoms with van der Waals surface area (Å²) in [5, 5.41) is 0. The Hall–Kier alpha value is -2.29. The first-order valence-electron chi connectivity index (χ1n) is 6.34. The van der Waals surface area contributed by atoms with Gasteiger partial charge >= 0.3 is 6.09 Å². The van der Waals surface area contributed by atoms with Crippen molar-refractivity contribution in [3.8, 4) is 0 Å². The van der Waals surface area contributed by atoms with Crippen LogP contribution in [0.15, 0.2) is 54.6 Å². The summed E-state index contributed by atoms with van der Waals surface area (Å²) in [5.41, 5.74) is 3.09. The van der Waals surface area contributed by atoms with Crippen molar-refractivity contribution in [3.05, 3.63) is 65.7 Å². The Kier molecular flexibility index (Phi) is 2.95. The van der Waals surface area contributed by atoms with Crippen molar-refractivity contribution in [3.63, 3.8) is 0 Å². The van der Waals surface area contributed by atoms with Crippen molar-refractivity contribution in [1.82, 2.24) is 0 Å². The van der Waals surface area contributed by atoms with Crippen LogP contribution in [0, 0.1) is 6.92 Å². The van der Waals surface area contributed by atoms with Crippen molar-refractivity contribution in [1.29, 1.82) is 0 Å². The molecule has 1 heterocycles. The van der Waals surface area contributed by atoms with Gasteiger partial charge < -0.3 is 4.74 Å². The Labute approximate surface area is 112 Å². The third-order valence-electron chi connectivity index (χ3n) is 3.33. The smallest absolute Gasteiger partial charge is 0.415 e. The van der Waals surface area contributed by atoms with Crippen molar-refractivity contribution < 1.29 is 9.53 Å². The largest absolute Gasteiger partial charge is 0.439 e. The van der Waals surface area contributed by atoms with Gasteiger partial charge in [-0.3, -0.25) is 4.90 Å². The molecular formula is C16H15NO2. The fraction of sp³-hybridized carbons (Fsp3) is 0.188. The van der Waals surface area contributed by atoms with Crippen LogP contribution in [0.1, 0.15) is 17.2 Å². The van der Waals surface area contributed by atoms with E-state index in [4.69, 9.17) is 4.74 Å².